The van der Waals surface area contributed by atoms with Crippen LogP contribution in [0.3, 0.4) is 0 Å². The maximum absolute atomic E-state index is 12.1. The quantitative estimate of drug-likeness (QED) is 0.601. The average molecular weight is 320 g/mol. The number of carbonyl (C=O) groups excluding carboxylic acids is 1. The maximum atomic E-state index is 12.1. The molecule has 0 aliphatic heterocycles. The third-order valence-electron chi connectivity index (χ3n) is 5.69. The fourth-order valence-corrected chi connectivity index (χ4v) is 3.95. The monoisotopic (exact) mass is 320 g/mol. The number of benzene rings is 2. The first kappa shape index (κ1) is 17.0. The molecule has 24 heavy (non-hydrogen) atoms. The van der Waals surface area contributed by atoms with Crippen molar-refractivity contribution in [3.8, 4) is 11.1 Å². The SMILES string of the molecule is CC(=O)c1cc(-c2ccc(C)cc2)c2c(c1)C(C)(C)CCC2(C)C. The summed E-state index contributed by atoms with van der Waals surface area (Å²) in [6.45, 7) is 13.1. The van der Waals surface area contributed by atoms with Crippen molar-refractivity contribution in [2.75, 3.05) is 0 Å². The van der Waals surface area contributed by atoms with Gasteiger partial charge in [0.15, 0.2) is 5.78 Å². The summed E-state index contributed by atoms with van der Waals surface area (Å²) in [5.41, 5.74) is 7.54. The van der Waals surface area contributed by atoms with Gasteiger partial charge in [-0.3, -0.25) is 4.79 Å². The summed E-state index contributed by atoms with van der Waals surface area (Å²) in [6, 6.07) is 12.9. The molecule has 0 saturated carbocycles. The van der Waals surface area contributed by atoms with Gasteiger partial charge in [-0.2, -0.15) is 0 Å². The Kier molecular flexibility index (Phi) is 3.94. The van der Waals surface area contributed by atoms with E-state index in [1.165, 1.54) is 34.2 Å². The second kappa shape index (κ2) is 5.58. The minimum Gasteiger partial charge on any atom is -0.295 e. The van der Waals surface area contributed by atoms with Crippen LogP contribution in [0.15, 0.2) is 36.4 Å². The van der Waals surface area contributed by atoms with Crippen molar-refractivity contribution >= 4 is 5.78 Å². The largest absolute Gasteiger partial charge is 0.295 e. The number of aryl methyl sites for hydroxylation is 1. The third-order valence-corrected chi connectivity index (χ3v) is 5.69. The lowest BCUT2D eigenvalue weighted by Gasteiger charge is -2.43. The molecule has 0 aromatic heterocycles. The molecule has 126 valence electrons. The molecule has 1 nitrogen and oxygen atoms in total. The van der Waals surface area contributed by atoms with E-state index in [-0.39, 0.29) is 16.6 Å². The van der Waals surface area contributed by atoms with E-state index in [1.54, 1.807) is 6.92 Å². The molecule has 0 amide bonds. The maximum Gasteiger partial charge on any atom is 0.159 e. The molecule has 1 aliphatic rings. The molecule has 0 radical (unpaired) electrons. The molecule has 0 heterocycles. The number of rotatable bonds is 2. The van der Waals surface area contributed by atoms with Gasteiger partial charge in [-0.1, -0.05) is 57.5 Å². The normalized spacial score (nSPS) is 18.1. The second-order valence-corrected chi connectivity index (χ2v) is 8.64. The molecular formula is C23H28O. The molecule has 3 rings (SSSR count). The van der Waals surface area contributed by atoms with Crippen LogP contribution in [0.4, 0.5) is 0 Å². The van der Waals surface area contributed by atoms with Crippen LogP contribution in [0.1, 0.15) is 74.5 Å². The van der Waals surface area contributed by atoms with Crippen molar-refractivity contribution < 1.29 is 4.79 Å². The van der Waals surface area contributed by atoms with Gasteiger partial charge in [-0.05, 0) is 71.9 Å². The highest BCUT2D eigenvalue weighted by molar-refractivity contribution is 5.96. The zero-order chi connectivity index (χ0) is 17.7. The van der Waals surface area contributed by atoms with Crippen LogP contribution in [0.25, 0.3) is 11.1 Å². The van der Waals surface area contributed by atoms with Crippen molar-refractivity contribution in [1.29, 1.82) is 0 Å². The van der Waals surface area contributed by atoms with Gasteiger partial charge >= 0.3 is 0 Å². The Balaban J connectivity index is 2.37. The van der Waals surface area contributed by atoms with E-state index in [4.69, 9.17) is 0 Å². The molecule has 0 spiro atoms. The Labute approximate surface area is 146 Å². The number of hydrogen-bond acceptors (Lipinski definition) is 1. The van der Waals surface area contributed by atoms with Crippen molar-refractivity contribution in [1.82, 2.24) is 0 Å². The summed E-state index contributed by atoms with van der Waals surface area (Å²) in [6.07, 6.45) is 2.33. The highest BCUT2D eigenvalue weighted by Gasteiger charge is 2.39. The number of fused-ring (bicyclic) bond motifs is 1. The standard InChI is InChI=1S/C23H28O/c1-15-7-9-17(10-8-15)19-13-18(16(2)24)14-20-21(19)23(5,6)12-11-22(20,3)4/h7-10,13-14H,11-12H2,1-6H3. The predicted molar refractivity (Wildman–Crippen MR) is 102 cm³/mol. The Bertz CT molecular complexity index is 792. The molecule has 2 aromatic carbocycles. The molecule has 1 heteroatoms. The van der Waals surface area contributed by atoms with E-state index in [9.17, 15) is 4.79 Å². The summed E-state index contributed by atoms with van der Waals surface area (Å²) in [5.74, 6) is 0.144. The van der Waals surface area contributed by atoms with Gasteiger partial charge in [-0.25, -0.2) is 0 Å². The van der Waals surface area contributed by atoms with E-state index in [2.05, 4.69) is 71.0 Å². The predicted octanol–water partition coefficient (Wildman–Crippen LogP) is 6.21. The Morgan fingerprint density at radius 3 is 2.08 bits per heavy atom. The number of hydrogen-bond donors (Lipinski definition) is 0. The van der Waals surface area contributed by atoms with Crippen molar-refractivity contribution in [3.63, 3.8) is 0 Å². The number of carbonyl (C=O) groups is 1. The summed E-state index contributed by atoms with van der Waals surface area (Å²) in [5, 5.41) is 0. The van der Waals surface area contributed by atoms with Crippen molar-refractivity contribution in [2.45, 2.75) is 65.2 Å². The first-order chi connectivity index (χ1) is 11.1. The van der Waals surface area contributed by atoms with Crippen molar-refractivity contribution in [3.05, 3.63) is 58.7 Å². The van der Waals surface area contributed by atoms with E-state index < -0.39 is 0 Å². The van der Waals surface area contributed by atoms with Crippen LogP contribution in [-0.4, -0.2) is 5.78 Å². The average Bonchev–Trinajstić information content (AvgIpc) is 2.51. The lowest BCUT2D eigenvalue weighted by molar-refractivity contribution is 0.101. The molecule has 1 aliphatic carbocycles. The number of ketones is 1. The van der Waals surface area contributed by atoms with Crippen LogP contribution in [0, 0.1) is 6.92 Å². The first-order valence-electron chi connectivity index (χ1n) is 8.89. The van der Waals surface area contributed by atoms with Crippen LogP contribution in [0.5, 0.6) is 0 Å². The molecule has 0 unspecified atom stereocenters. The van der Waals surface area contributed by atoms with Crippen LogP contribution in [-0.2, 0) is 10.8 Å². The highest BCUT2D eigenvalue weighted by atomic mass is 16.1. The Morgan fingerprint density at radius 1 is 0.917 bits per heavy atom. The molecule has 0 atom stereocenters. The fourth-order valence-electron chi connectivity index (χ4n) is 3.95. The minimum absolute atomic E-state index is 0.107. The number of Topliss-reactive ketones (excluding diaryl/α,β-unsaturated/α-hetero) is 1. The third kappa shape index (κ3) is 2.81. The molecule has 0 fully saturated rings. The second-order valence-electron chi connectivity index (χ2n) is 8.64. The zero-order valence-corrected chi connectivity index (χ0v) is 15.8. The van der Waals surface area contributed by atoms with Crippen LogP contribution in [0.2, 0.25) is 0 Å². The van der Waals surface area contributed by atoms with E-state index in [0.717, 1.165) is 12.0 Å². The summed E-state index contributed by atoms with van der Waals surface area (Å²) < 4.78 is 0. The Hall–Kier alpha value is -1.89. The zero-order valence-electron chi connectivity index (χ0n) is 15.8. The van der Waals surface area contributed by atoms with Gasteiger partial charge in [0.25, 0.3) is 0 Å². The molecule has 0 N–H and O–H groups in total. The van der Waals surface area contributed by atoms with Gasteiger partial charge in [0, 0.05) is 5.56 Å². The van der Waals surface area contributed by atoms with E-state index in [0.29, 0.717) is 0 Å². The topological polar surface area (TPSA) is 17.1 Å². The van der Waals surface area contributed by atoms with Crippen molar-refractivity contribution in [2.24, 2.45) is 0 Å². The summed E-state index contributed by atoms with van der Waals surface area (Å²) in [4.78, 5) is 12.1. The van der Waals surface area contributed by atoms with Gasteiger partial charge in [0.1, 0.15) is 0 Å². The summed E-state index contributed by atoms with van der Waals surface area (Å²) in [7, 11) is 0. The smallest absolute Gasteiger partial charge is 0.159 e. The molecule has 0 bridgehead atoms. The fraction of sp³-hybridized carbons (Fsp3) is 0.435. The van der Waals surface area contributed by atoms with Gasteiger partial charge in [-0.15, -0.1) is 0 Å². The Morgan fingerprint density at radius 2 is 1.50 bits per heavy atom. The minimum atomic E-state index is 0.107. The van der Waals surface area contributed by atoms with Crippen LogP contribution < -0.4 is 0 Å². The lowest BCUT2D eigenvalue weighted by atomic mass is 9.61. The van der Waals surface area contributed by atoms with E-state index >= 15 is 0 Å². The van der Waals surface area contributed by atoms with Gasteiger partial charge in [0.2, 0.25) is 0 Å². The molecule has 2 aromatic rings. The lowest BCUT2D eigenvalue weighted by Crippen LogP contribution is -2.34. The van der Waals surface area contributed by atoms with Gasteiger partial charge < -0.3 is 0 Å². The summed E-state index contributed by atoms with van der Waals surface area (Å²) >= 11 is 0. The molecular weight excluding hydrogens is 292 g/mol. The van der Waals surface area contributed by atoms with Gasteiger partial charge in [0.05, 0.1) is 0 Å². The molecule has 0 saturated heterocycles. The highest BCUT2D eigenvalue weighted by Crippen LogP contribution is 2.49. The van der Waals surface area contributed by atoms with Crippen LogP contribution >= 0.6 is 0 Å². The first-order valence-corrected chi connectivity index (χ1v) is 8.89. The van der Waals surface area contributed by atoms with E-state index in [1.807, 2.05) is 0 Å².